The maximum atomic E-state index is 14.4. The molecule has 1 aliphatic heterocycles. The Hall–Kier alpha value is -3.00. The van der Waals surface area contributed by atoms with E-state index >= 15 is 0 Å². The number of benzene rings is 2. The lowest BCUT2D eigenvalue weighted by Crippen LogP contribution is -2.54. The summed E-state index contributed by atoms with van der Waals surface area (Å²) in [5, 5.41) is 0. The molecule has 0 N–H and O–H groups in total. The van der Waals surface area contributed by atoms with E-state index in [2.05, 4.69) is 21.8 Å². The van der Waals surface area contributed by atoms with Crippen LogP contribution in [0.2, 0.25) is 0 Å². The van der Waals surface area contributed by atoms with Crippen LogP contribution in [0.15, 0.2) is 59.8 Å². The van der Waals surface area contributed by atoms with Gasteiger partial charge in [-0.3, -0.25) is 0 Å². The van der Waals surface area contributed by atoms with E-state index in [0.717, 1.165) is 24.3 Å². The highest BCUT2D eigenvalue weighted by molar-refractivity contribution is 7.90. The van der Waals surface area contributed by atoms with Crippen molar-refractivity contribution in [1.82, 2.24) is 9.97 Å². The molecule has 2 heterocycles. The van der Waals surface area contributed by atoms with Crippen molar-refractivity contribution in [1.29, 1.82) is 0 Å². The van der Waals surface area contributed by atoms with Crippen LogP contribution in [0.5, 0.6) is 5.75 Å². The Balaban J connectivity index is 1.38. The fraction of sp³-hybridized carbons (Fsp3) is 0.273. The van der Waals surface area contributed by atoms with Gasteiger partial charge >= 0.3 is 0 Å². The first kappa shape index (κ1) is 20.3. The second kappa shape index (κ2) is 8.02. The maximum Gasteiger partial charge on any atom is 0.225 e. The highest BCUT2D eigenvalue weighted by Gasteiger charge is 2.30. The number of rotatable bonds is 6. The predicted molar refractivity (Wildman–Crippen MR) is 113 cm³/mol. The van der Waals surface area contributed by atoms with Crippen molar-refractivity contribution in [3.8, 4) is 16.9 Å². The molecule has 1 fully saturated rings. The number of nitrogens with zero attached hydrogens (tertiary/aromatic N) is 3. The van der Waals surface area contributed by atoms with Gasteiger partial charge in [0.05, 0.1) is 18.0 Å². The number of hydrogen-bond donors (Lipinski definition) is 0. The molecule has 0 spiro atoms. The largest absolute Gasteiger partial charge is 0.487 e. The van der Waals surface area contributed by atoms with E-state index in [4.69, 9.17) is 4.74 Å². The van der Waals surface area contributed by atoms with Crippen LogP contribution in [-0.2, 0) is 16.3 Å². The van der Waals surface area contributed by atoms with Crippen molar-refractivity contribution in [3.05, 3.63) is 66.2 Å². The molecule has 0 atom stereocenters. The first-order valence-corrected chi connectivity index (χ1v) is 11.5. The number of sulfone groups is 1. The lowest BCUT2D eigenvalue weighted by atomic mass is 10.1. The second-order valence-electron chi connectivity index (χ2n) is 7.33. The van der Waals surface area contributed by atoms with Crippen molar-refractivity contribution in [2.75, 3.05) is 24.2 Å². The van der Waals surface area contributed by atoms with Crippen molar-refractivity contribution in [3.63, 3.8) is 0 Å². The van der Waals surface area contributed by atoms with Crippen molar-refractivity contribution < 1.29 is 17.5 Å². The third-order valence-corrected chi connectivity index (χ3v) is 6.18. The van der Waals surface area contributed by atoms with Gasteiger partial charge in [-0.05, 0) is 41.8 Å². The average molecular weight is 428 g/mol. The molecule has 1 aliphatic rings. The quantitative estimate of drug-likeness (QED) is 0.599. The summed E-state index contributed by atoms with van der Waals surface area (Å²) in [6, 6.07) is 11.0. The Bertz CT molecular complexity index is 1140. The molecule has 4 rings (SSSR count). The molecule has 0 aliphatic carbocycles. The first-order chi connectivity index (χ1) is 14.3. The van der Waals surface area contributed by atoms with E-state index in [1.807, 2.05) is 12.4 Å². The molecular weight excluding hydrogens is 405 g/mol. The molecule has 0 saturated carbocycles. The Labute approximate surface area is 175 Å². The molecule has 8 heteroatoms. The van der Waals surface area contributed by atoms with Crippen LogP contribution in [0.25, 0.3) is 11.1 Å². The second-order valence-corrected chi connectivity index (χ2v) is 9.34. The van der Waals surface area contributed by atoms with E-state index in [0.29, 0.717) is 35.9 Å². The lowest BCUT2D eigenvalue weighted by molar-refractivity contribution is 0.166. The average Bonchev–Trinajstić information content (AvgIpc) is 2.70. The summed E-state index contributed by atoms with van der Waals surface area (Å²) in [7, 11) is -3.44. The fourth-order valence-corrected chi connectivity index (χ4v) is 3.87. The van der Waals surface area contributed by atoms with Crippen LogP contribution in [0.3, 0.4) is 0 Å². The summed E-state index contributed by atoms with van der Waals surface area (Å²) < 4.78 is 43.5. The third-order valence-electron chi connectivity index (χ3n) is 5.07. The normalized spacial score (nSPS) is 14.4. The van der Waals surface area contributed by atoms with Gasteiger partial charge in [-0.15, -0.1) is 0 Å². The molecule has 2 aromatic carbocycles. The van der Waals surface area contributed by atoms with Crippen molar-refractivity contribution in [2.45, 2.75) is 24.3 Å². The molecule has 30 heavy (non-hydrogen) atoms. The molecule has 0 bridgehead atoms. The van der Waals surface area contributed by atoms with Gasteiger partial charge in [-0.1, -0.05) is 25.1 Å². The van der Waals surface area contributed by atoms with Crippen molar-refractivity contribution in [2.24, 2.45) is 0 Å². The summed E-state index contributed by atoms with van der Waals surface area (Å²) in [4.78, 5) is 10.8. The molecular formula is C22H22FN3O3S. The summed E-state index contributed by atoms with van der Waals surface area (Å²) in [5.74, 6) is 0.824. The zero-order valence-electron chi connectivity index (χ0n) is 16.7. The van der Waals surface area contributed by atoms with Gasteiger partial charge in [0.1, 0.15) is 17.7 Å². The number of halogens is 1. The predicted octanol–water partition coefficient (Wildman–Crippen LogP) is 3.52. The van der Waals surface area contributed by atoms with Crippen LogP contribution in [0.4, 0.5) is 10.3 Å². The van der Waals surface area contributed by atoms with E-state index in [9.17, 15) is 12.8 Å². The van der Waals surface area contributed by atoms with Gasteiger partial charge < -0.3 is 9.64 Å². The Kier molecular flexibility index (Phi) is 5.42. The SMILES string of the molecule is CCc1cnc(N2CC(Oc3ccc(-c4ccc(S(C)(=O)=O)cc4F)cc3)C2)nc1. The fourth-order valence-electron chi connectivity index (χ4n) is 3.24. The molecule has 1 saturated heterocycles. The Morgan fingerprint density at radius 3 is 2.33 bits per heavy atom. The Morgan fingerprint density at radius 2 is 1.77 bits per heavy atom. The number of anilines is 1. The van der Waals surface area contributed by atoms with Gasteiger partial charge in [0.15, 0.2) is 9.84 Å². The first-order valence-electron chi connectivity index (χ1n) is 9.66. The van der Waals surface area contributed by atoms with E-state index < -0.39 is 15.7 Å². The molecule has 6 nitrogen and oxygen atoms in total. The van der Waals surface area contributed by atoms with E-state index in [-0.39, 0.29) is 11.0 Å². The summed E-state index contributed by atoms with van der Waals surface area (Å²) >= 11 is 0. The summed E-state index contributed by atoms with van der Waals surface area (Å²) in [6.45, 7) is 3.47. The number of hydrogen-bond acceptors (Lipinski definition) is 6. The number of ether oxygens (including phenoxy) is 1. The van der Waals surface area contributed by atoms with E-state index in [1.54, 1.807) is 24.3 Å². The van der Waals surface area contributed by atoms with Gasteiger partial charge in [-0.2, -0.15) is 0 Å². The number of aromatic nitrogens is 2. The highest BCUT2D eigenvalue weighted by atomic mass is 32.2. The van der Waals surface area contributed by atoms with E-state index in [1.165, 1.54) is 12.1 Å². The highest BCUT2D eigenvalue weighted by Crippen LogP contribution is 2.28. The molecule has 3 aromatic rings. The smallest absolute Gasteiger partial charge is 0.225 e. The summed E-state index contributed by atoms with van der Waals surface area (Å²) in [5.41, 5.74) is 2.10. The monoisotopic (exact) mass is 427 g/mol. The van der Waals surface area contributed by atoms with Crippen LogP contribution in [0.1, 0.15) is 12.5 Å². The standard InChI is InChI=1S/C22H22FN3O3S/c1-3-15-11-24-22(25-12-15)26-13-18(14-26)29-17-6-4-16(5-7-17)20-9-8-19(10-21(20)23)30(2,27)28/h4-12,18H,3,13-14H2,1-2H3. The zero-order chi connectivity index (χ0) is 21.3. The van der Waals surface area contributed by atoms with Gasteiger partial charge in [0.25, 0.3) is 0 Å². The molecule has 0 amide bonds. The van der Waals surface area contributed by atoms with Gasteiger partial charge in [0, 0.05) is 24.2 Å². The molecule has 1 aromatic heterocycles. The molecule has 0 radical (unpaired) electrons. The molecule has 0 unspecified atom stereocenters. The van der Waals surface area contributed by atoms with Crippen LogP contribution >= 0.6 is 0 Å². The minimum absolute atomic E-state index is 0.0356. The molecule has 156 valence electrons. The minimum atomic E-state index is -3.44. The number of aryl methyl sites for hydroxylation is 1. The minimum Gasteiger partial charge on any atom is -0.487 e. The zero-order valence-corrected chi connectivity index (χ0v) is 17.6. The van der Waals surface area contributed by atoms with Crippen LogP contribution < -0.4 is 9.64 Å². The topological polar surface area (TPSA) is 72.4 Å². The third kappa shape index (κ3) is 4.28. The van der Waals surface area contributed by atoms with Gasteiger partial charge in [-0.25, -0.2) is 22.8 Å². The van der Waals surface area contributed by atoms with Crippen LogP contribution in [-0.4, -0.2) is 43.8 Å². The van der Waals surface area contributed by atoms with Crippen molar-refractivity contribution >= 4 is 15.8 Å². The lowest BCUT2D eigenvalue weighted by Gasteiger charge is -2.38. The maximum absolute atomic E-state index is 14.4. The van der Waals surface area contributed by atoms with Gasteiger partial charge in [0.2, 0.25) is 5.95 Å². The summed E-state index contributed by atoms with van der Waals surface area (Å²) in [6.07, 6.45) is 5.69. The Morgan fingerprint density at radius 1 is 1.10 bits per heavy atom. The van der Waals surface area contributed by atoms with Crippen LogP contribution in [0, 0.1) is 5.82 Å².